The Labute approximate surface area is 116 Å². The standard InChI is InChI=1S/C13H20BrNOS/c1-3-12-10(4-5-16-12)7-15-9(2)13-6-11(14)8-17-13/h6,8-10,12,15H,3-5,7H2,1-2H3. The van der Waals surface area contributed by atoms with E-state index in [2.05, 4.69) is 46.5 Å². The van der Waals surface area contributed by atoms with Crippen LogP contribution in [0.2, 0.25) is 0 Å². The summed E-state index contributed by atoms with van der Waals surface area (Å²) in [6.45, 7) is 6.44. The predicted molar refractivity (Wildman–Crippen MR) is 76.6 cm³/mol. The largest absolute Gasteiger partial charge is 0.378 e. The molecule has 3 atom stereocenters. The fraction of sp³-hybridized carbons (Fsp3) is 0.692. The van der Waals surface area contributed by atoms with Crippen LogP contribution in [0.25, 0.3) is 0 Å². The molecule has 0 amide bonds. The number of nitrogens with one attached hydrogen (secondary N) is 1. The van der Waals surface area contributed by atoms with Gasteiger partial charge < -0.3 is 10.1 Å². The number of thiophene rings is 1. The molecule has 4 heteroatoms. The van der Waals surface area contributed by atoms with Crippen LogP contribution in [-0.4, -0.2) is 19.3 Å². The van der Waals surface area contributed by atoms with Crippen LogP contribution in [0, 0.1) is 5.92 Å². The fourth-order valence-electron chi connectivity index (χ4n) is 2.36. The molecule has 0 bridgehead atoms. The SMILES string of the molecule is CCC1OCCC1CNC(C)c1cc(Br)cs1. The molecule has 1 N–H and O–H groups in total. The zero-order chi connectivity index (χ0) is 12.3. The lowest BCUT2D eigenvalue weighted by Crippen LogP contribution is -2.29. The van der Waals surface area contributed by atoms with Crippen LogP contribution in [0.5, 0.6) is 0 Å². The maximum Gasteiger partial charge on any atom is 0.0613 e. The second-order valence-corrected chi connectivity index (χ2v) is 6.52. The Hall–Kier alpha value is 0.1000. The van der Waals surface area contributed by atoms with Crippen molar-refractivity contribution in [2.24, 2.45) is 5.92 Å². The average molecular weight is 318 g/mol. The highest BCUT2D eigenvalue weighted by Crippen LogP contribution is 2.27. The molecular weight excluding hydrogens is 298 g/mol. The molecule has 96 valence electrons. The smallest absolute Gasteiger partial charge is 0.0613 e. The van der Waals surface area contributed by atoms with Crippen LogP contribution in [-0.2, 0) is 4.74 Å². The van der Waals surface area contributed by atoms with Gasteiger partial charge >= 0.3 is 0 Å². The zero-order valence-electron chi connectivity index (χ0n) is 10.4. The molecule has 0 spiro atoms. The van der Waals surface area contributed by atoms with E-state index in [1.807, 2.05) is 0 Å². The Morgan fingerprint density at radius 2 is 2.47 bits per heavy atom. The van der Waals surface area contributed by atoms with Crippen molar-refractivity contribution in [1.82, 2.24) is 5.32 Å². The van der Waals surface area contributed by atoms with Gasteiger partial charge in [-0.25, -0.2) is 0 Å². The van der Waals surface area contributed by atoms with E-state index >= 15 is 0 Å². The maximum atomic E-state index is 5.71. The Morgan fingerprint density at radius 1 is 1.65 bits per heavy atom. The number of hydrogen-bond acceptors (Lipinski definition) is 3. The molecule has 3 unspecified atom stereocenters. The molecule has 1 aromatic heterocycles. The summed E-state index contributed by atoms with van der Waals surface area (Å²) in [7, 11) is 0. The van der Waals surface area contributed by atoms with Crippen molar-refractivity contribution in [1.29, 1.82) is 0 Å². The van der Waals surface area contributed by atoms with Gasteiger partial charge in [-0.05, 0) is 47.7 Å². The van der Waals surface area contributed by atoms with Gasteiger partial charge in [-0.15, -0.1) is 11.3 Å². The fourth-order valence-corrected chi connectivity index (χ4v) is 3.84. The van der Waals surface area contributed by atoms with Crippen molar-refractivity contribution in [2.75, 3.05) is 13.2 Å². The molecule has 2 heterocycles. The maximum absolute atomic E-state index is 5.71. The highest BCUT2D eigenvalue weighted by atomic mass is 79.9. The zero-order valence-corrected chi connectivity index (χ0v) is 12.8. The lowest BCUT2D eigenvalue weighted by Gasteiger charge is -2.20. The van der Waals surface area contributed by atoms with Crippen LogP contribution in [0.3, 0.4) is 0 Å². The minimum Gasteiger partial charge on any atom is -0.378 e. The molecule has 0 aromatic carbocycles. The summed E-state index contributed by atoms with van der Waals surface area (Å²) in [6, 6.07) is 2.63. The lowest BCUT2D eigenvalue weighted by atomic mass is 9.99. The van der Waals surface area contributed by atoms with Gasteiger partial charge in [0.2, 0.25) is 0 Å². The molecule has 1 aliphatic heterocycles. The van der Waals surface area contributed by atoms with E-state index < -0.39 is 0 Å². The Kier molecular flexibility index (Phi) is 5.03. The number of rotatable bonds is 5. The molecule has 0 aliphatic carbocycles. The highest BCUT2D eigenvalue weighted by molar-refractivity contribution is 9.10. The quantitative estimate of drug-likeness (QED) is 0.887. The summed E-state index contributed by atoms with van der Waals surface area (Å²) in [5.41, 5.74) is 0. The number of hydrogen-bond donors (Lipinski definition) is 1. The van der Waals surface area contributed by atoms with E-state index in [1.165, 1.54) is 15.8 Å². The summed E-state index contributed by atoms with van der Waals surface area (Å²) in [4.78, 5) is 1.39. The van der Waals surface area contributed by atoms with Crippen LogP contribution >= 0.6 is 27.3 Å². The molecule has 2 nitrogen and oxygen atoms in total. The van der Waals surface area contributed by atoms with Gasteiger partial charge in [-0.1, -0.05) is 6.92 Å². The van der Waals surface area contributed by atoms with Crippen molar-refractivity contribution in [3.05, 3.63) is 20.8 Å². The minimum atomic E-state index is 0.435. The molecule has 1 saturated heterocycles. The van der Waals surface area contributed by atoms with E-state index in [4.69, 9.17) is 4.74 Å². The average Bonchev–Trinajstić information content (AvgIpc) is 2.94. The van der Waals surface area contributed by atoms with Gasteiger partial charge in [0.15, 0.2) is 0 Å². The van der Waals surface area contributed by atoms with E-state index in [0.29, 0.717) is 18.1 Å². The Bertz CT molecular complexity index is 355. The van der Waals surface area contributed by atoms with Gasteiger partial charge in [-0.2, -0.15) is 0 Å². The molecule has 1 fully saturated rings. The van der Waals surface area contributed by atoms with Crippen molar-refractivity contribution < 1.29 is 4.74 Å². The van der Waals surface area contributed by atoms with Gasteiger partial charge in [0.1, 0.15) is 0 Å². The third-order valence-corrected chi connectivity index (χ3v) is 5.33. The second kappa shape index (κ2) is 6.32. The summed E-state index contributed by atoms with van der Waals surface area (Å²) in [5.74, 6) is 0.686. The molecule has 2 rings (SSSR count). The first-order valence-corrected chi connectivity index (χ1v) is 7.97. The topological polar surface area (TPSA) is 21.3 Å². The van der Waals surface area contributed by atoms with E-state index in [0.717, 1.165) is 19.6 Å². The molecule has 17 heavy (non-hydrogen) atoms. The van der Waals surface area contributed by atoms with Crippen molar-refractivity contribution >= 4 is 27.3 Å². The number of halogens is 1. The summed E-state index contributed by atoms with van der Waals surface area (Å²) in [6.07, 6.45) is 2.79. The molecular formula is C13H20BrNOS. The lowest BCUT2D eigenvalue weighted by molar-refractivity contribution is 0.0867. The minimum absolute atomic E-state index is 0.435. The number of ether oxygens (including phenoxy) is 1. The normalized spacial score (nSPS) is 26.3. The molecule has 1 aromatic rings. The van der Waals surface area contributed by atoms with Gasteiger partial charge in [0, 0.05) is 33.9 Å². The van der Waals surface area contributed by atoms with Crippen LogP contribution in [0.15, 0.2) is 15.9 Å². The Morgan fingerprint density at radius 3 is 3.12 bits per heavy atom. The van der Waals surface area contributed by atoms with E-state index in [-0.39, 0.29) is 0 Å². The van der Waals surface area contributed by atoms with E-state index in [9.17, 15) is 0 Å². The Balaban J connectivity index is 1.81. The summed E-state index contributed by atoms with van der Waals surface area (Å²) in [5, 5.41) is 5.77. The third-order valence-electron chi connectivity index (χ3n) is 3.45. The first-order valence-electron chi connectivity index (χ1n) is 6.29. The van der Waals surface area contributed by atoms with Gasteiger partial charge in [0.05, 0.1) is 6.10 Å². The van der Waals surface area contributed by atoms with Gasteiger partial charge in [0.25, 0.3) is 0 Å². The van der Waals surface area contributed by atoms with Crippen molar-refractivity contribution in [3.8, 4) is 0 Å². The van der Waals surface area contributed by atoms with Crippen LogP contribution in [0.1, 0.15) is 37.6 Å². The highest BCUT2D eigenvalue weighted by Gasteiger charge is 2.26. The molecule has 0 radical (unpaired) electrons. The van der Waals surface area contributed by atoms with Gasteiger partial charge in [-0.3, -0.25) is 0 Å². The molecule has 1 aliphatic rings. The van der Waals surface area contributed by atoms with E-state index in [1.54, 1.807) is 11.3 Å². The van der Waals surface area contributed by atoms with Crippen molar-refractivity contribution in [2.45, 2.75) is 38.8 Å². The second-order valence-electron chi connectivity index (χ2n) is 4.66. The summed E-state index contributed by atoms with van der Waals surface area (Å²) >= 11 is 5.31. The van der Waals surface area contributed by atoms with Crippen molar-refractivity contribution in [3.63, 3.8) is 0 Å². The first kappa shape index (κ1) is 13.5. The third kappa shape index (κ3) is 3.53. The monoisotopic (exact) mass is 317 g/mol. The summed E-state index contributed by atoms with van der Waals surface area (Å²) < 4.78 is 6.89. The first-order chi connectivity index (χ1) is 8.20. The predicted octanol–water partition coefficient (Wildman–Crippen LogP) is 3.98. The van der Waals surface area contributed by atoms with Crippen LogP contribution < -0.4 is 5.32 Å². The molecule has 0 saturated carbocycles. The van der Waals surface area contributed by atoms with Crippen LogP contribution in [0.4, 0.5) is 0 Å².